The van der Waals surface area contributed by atoms with E-state index in [1.807, 2.05) is 0 Å². The van der Waals surface area contributed by atoms with Gasteiger partial charge in [-0.15, -0.1) is 0 Å². The highest BCUT2D eigenvalue weighted by Crippen LogP contribution is 2.40. The number of esters is 1. The fourth-order valence-electron chi connectivity index (χ4n) is 3.87. The summed E-state index contributed by atoms with van der Waals surface area (Å²) in [5.74, 6) is 2.15. The van der Waals surface area contributed by atoms with E-state index in [2.05, 4.69) is 6.92 Å². The lowest BCUT2D eigenvalue weighted by Crippen LogP contribution is -2.28. The fraction of sp³-hybridized carbons (Fsp3) is 0.941. The van der Waals surface area contributed by atoms with Crippen LogP contribution < -0.4 is 0 Å². The van der Waals surface area contributed by atoms with Gasteiger partial charge in [0, 0.05) is 0 Å². The molecule has 0 spiro atoms. The largest absolute Gasteiger partial charge is 0.465 e. The predicted octanol–water partition coefficient (Wildman–Crippen LogP) is 4.72. The van der Waals surface area contributed by atoms with Crippen molar-refractivity contribution in [3.05, 3.63) is 0 Å². The van der Waals surface area contributed by atoms with Crippen LogP contribution in [0.2, 0.25) is 0 Å². The molecule has 19 heavy (non-hydrogen) atoms. The molecule has 110 valence electrons. The van der Waals surface area contributed by atoms with Crippen molar-refractivity contribution in [2.45, 2.75) is 77.6 Å². The van der Waals surface area contributed by atoms with Crippen LogP contribution in [0.4, 0.5) is 0 Å². The van der Waals surface area contributed by atoms with Crippen molar-refractivity contribution in [3.63, 3.8) is 0 Å². The van der Waals surface area contributed by atoms with E-state index in [-0.39, 0.29) is 11.9 Å². The molecule has 0 saturated heterocycles. The zero-order valence-corrected chi connectivity index (χ0v) is 12.5. The molecular weight excluding hydrogens is 236 g/mol. The van der Waals surface area contributed by atoms with Crippen molar-refractivity contribution in [2.24, 2.45) is 17.8 Å². The van der Waals surface area contributed by atoms with Crippen LogP contribution in [0.3, 0.4) is 0 Å². The summed E-state index contributed by atoms with van der Waals surface area (Å²) in [6.07, 6.45) is 14.0. The Hall–Kier alpha value is -0.530. The summed E-state index contributed by atoms with van der Waals surface area (Å²) in [6, 6.07) is 0. The van der Waals surface area contributed by atoms with Crippen LogP contribution in [0, 0.1) is 17.8 Å². The molecule has 0 radical (unpaired) electrons. The average molecular weight is 266 g/mol. The standard InChI is InChI=1S/C17H30O2/c1-2-3-13-19-17(18)16-11-9-15(10-12-16)14-7-5-4-6-8-14/h14-16H,2-13H2,1H3. The van der Waals surface area contributed by atoms with Crippen LogP contribution >= 0.6 is 0 Å². The fourth-order valence-corrected chi connectivity index (χ4v) is 3.87. The third kappa shape index (κ3) is 4.50. The van der Waals surface area contributed by atoms with E-state index in [1.54, 1.807) is 0 Å². The van der Waals surface area contributed by atoms with Crippen LogP contribution in [0.25, 0.3) is 0 Å². The molecule has 0 heterocycles. The molecule has 2 nitrogen and oxygen atoms in total. The third-order valence-electron chi connectivity index (χ3n) is 5.16. The van der Waals surface area contributed by atoms with Gasteiger partial charge in [0.1, 0.15) is 0 Å². The van der Waals surface area contributed by atoms with Crippen LogP contribution in [0.1, 0.15) is 77.6 Å². The molecule has 2 heteroatoms. The van der Waals surface area contributed by atoms with E-state index in [0.717, 1.165) is 37.5 Å². The van der Waals surface area contributed by atoms with Crippen molar-refractivity contribution in [3.8, 4) is 0 Å². The minimum Gasteiger partial charge on any atom is -0.465 e. The van der Waals surface area contributed by atoms with E-state index in [9.17, 15) is 4.79 Å². The van der Waals surface area contributed by atoms with Gasteiger partial charge in [-0.3, -0.25) is 4.79 Å². The molecule has 0 bridgehead atoms. The van der Waals surface area contributed by atoms with Crippen molar-refractivity contribution in [2.75, 3.05) is 6.61 Å². The van der Waals surface area contributed by atoms with Crippen LogP contribution in [-0.4, -0.2) is 12.6 Å². The van der Waals surface area contributed by atoms with Crippen molar-refractivity contribution in [1.29, 1.82) is 0 Å². The first kappa shape index (κ1) is 14.9. The summed E-state index contributed by atoms with van der Waals surface area (Å²) >= 11 is 0. The number of carbonyl (C=O) groups is 1. The Kier molecular flexibility index (Phi) is 6.19. The first-order chi connectivity index (χ1) is 9.31. The maximum absolute atomic E-state index is 11.9. The van der Waals surface area contributed by atoms with E-state index in [1.165, 1.54) is 44.9 Å². The molecule has 0 atom stereocenters. The smallest absolute Gasteiger partial charge is 0.308 e. The van der Waals surface area contributed by atoms with Gasteiger partial charge >= 0.3 is 5.97 Å². The van der Waals surface area contributed by atoms with Gasteiger partial charge in [0.2, 0.25) is 0 Å². The molecule has 0 N–H and O–H groups in total. The van der Waals surface area contributed by atoms with Gasteiger partial charge in [0.15, 0.2) is 0 Å². The van der Waals surface area contributed by atoms with E-state index < -0.39 is 0 Å². The summed E-state index contributed by atoms with van der Waals surface area (Å²) in [5.41, 5.74) is 0. The number of hydrogen-bond donors (Lipinski definition) is 0. The monoisotopic (exact) mass is 266 g/mol. The summed E-state index contributed by atoms with van der Waals surface area (Å²) in [5, 5.41) is 0. The molecule has 0 aliphatic heterocycles. The highest BCUT2D eigenvalue weighted by Gasteiger charge is 2.31. The second-order valence-electron chi connectivity index (χ2n) is 6.53. The second kappa shape index (κ2) is 7.91. The van der Waals surface area contributed by atoms with Gasteiger partial charge in [0.05, 0.1) is 12.5 Å². The van der Waals surface area contributed by atoms with Gasteiger partial charge < -0.3 is 4.74 Å². The summed E-state index contributed by atoms with van der Waals surface area (Å²) in [6.45, 7) is 2.75. The summed E-state index contributed by atoms with van der Waals surface area (Å²) in [4.78, 5) is 11.9. The van der Waals surface area contributed by atoms with Crippen LogP contribution in [-0.2, 0) is 9.53 Å². The zero-order chi connectivity index (χ0) is 13.5. The van der Waals surface area contributed by atoms with Gasteiger partial charge in [-0.25, -0.2) is 0 Å². The molecule has 0 unspecified atom stereocenters. The van der Waals surface area contributed by atoms with E-state index in [4.69, 9.17) is 4.74 Å². The van der Waals surface area contributed by atoms with Crippen LogP contribution in [0.5, 0.6) is 0 Å². The minimum absolute atomic E-state index is 0.0792. The molecule has 0 aromatic carbocycles. The Morgan fingerprint density at radius 1 is 0.947 bits per heavy atom. The SMILES string of the molecule is CCCCOC(=O)C1CCC(C2CCCCC2)CC1. The number of hydrogen-bond acceptors (Lipinski definition) is 2. The lowest BCUT2D eigenvalue weighted by atomic mass is 9.71. The zero-order valence-electron chi connectivity index (χ0n) is 12.5. The van der Waals surface area contributed by atoms with Crippen molar-refractivity contribution in [1.82, 2.24) is 0 Å². The quantitative estimate of drug-likeness (QED) is 0.532. The van der Waals surface area contributed by atoms with Gasteiger partial charge in [-0.1, -0.05) is 45.4 Å². The van der Waals surface area contributed by atoms with Crippen molar-refractivity contribution < 1.29 is 9.53 Å². The van der Waals surface area contributed by atoms with Crippen LogP contribution in [0.15, 0.2) is 0 Å². The highest BCUT2D eigenvalue weighted by atomic mass is 16.5. The lowest BCUT2D eigenvalue weighted by molar-refractivity contribution is -0.150. The number of carbonyl (C=O) groups excluding carboxylic acids is 1. The number of ether oxygens (including phenoxy) is 1. The van der Waals surface area contributed by atoms with Gasteiger partial charge in [-0.2, -0.15) is 0 Å². The molecule has 2 fully saturated rings. The molecule has 0 amide bonds. The molecular formula is C17H30O2. The Morgan fingerprint density at radius 3 is 2.21 bits per heavy atom. The highest BCUT2D eigenvalue weighted by molar-refractivity contribution is 5.72. The Morgan fingerprint density at radius 2 is 1.58 bits per heavy atom. The van der Waals surface area contributed by atoms with Gasteiger partial charge in [-0.05, 0) is 43.9 Å². The Bertz CT molecular complexity index is 260. The molecule has 2 aliphatic rings. The maximum atomic E-state index is 11.9. The Labute approximate surface area is 118 Å². The third-order valence-corrected chi connectivity index (χ3v) is 5.16. The van der Waals surface area contributed by atoms with Gasteiger partial charge in [0.25, 0.3) is 0 Å². The predicted molar refractivity (Wildman–Crippen MR) is 77.9 cm³/mol. The molecule has 2 aliphatic carbocycles. The first-order valence-corrected chi connectivity index (χ1v) is 8.48. The maximum Gasteiger partial charge on any atom is 0.308 e. The Balaban J connectivity index is 1.68. The topological polar surface area (TPSA) is 26.3 Å². The lowest BCUT2D eigenvalue weighted by Gasteiger charge is -2.35. The summed E-state index contributed by atoms with van der Waals surface area (Å²) in [7, 11) is 0. The number of unbranched alkanes of at least 4 members (excludes halogenated alkanes) is 1. The molecule has 2 saturated carbocycles. The van der Waals surface area contributed by atoms with Crippen molar-refractivity contribution >= 4 is 5.97 Å². The molecule has 0 aromatic rings. The second-order valence-corrected chi connectivity index (χ2v) is 6.53. The minimum atomic E-state index is 0.0792. The first-order valence-electron chi connectivity index (χ1n) is 8.48. The normalized spacial score (nSPS) is 29.1. The molecule has 0 aromatic heterocycles. The molecule has 2 rings (SSSR count). The number of rotatable bonds is 5. The van der Waals surface area contributed by atoms with E-state index >= 15 is 0 Å². The summed E-state index contributed by atoms with van der Waals surface area (Å²) < 4.78 is 5.36. The van der Waals surface area contributed by atoms with E-state index in [0.29, 0.717) is 6.61 Å². The average Bonchev–Trinajstić information content (AvgIpc) is 2.48.